The van der Waals surface area contributed by atoms with Crippen molar-refractivity contribution in [2.45, 2.75) is 31.7 Å². The minimum atomic E-state index is -0.959. The molecule has 2 aliphatic rings. The van der Waals surface area contributed by atoms with E-state index in [-0.39, 0.29) is 17.5 Å². The quantitative estimate of drug-likeness (QED) is 0.677. The Balaban J connectivity index is 1.81. The van der Waals surface area contributed by atoms with Crippen LogP contribution in [-0.4, -0.2) is 32.2 Å². The van der Waals surface area contributed by atoms with E-state index in [9.17, 15) is 9.59 Å². The fraction of sp³-hybridized carbons (Fsp3) is 0.312. The van der Waals surface area contributed by atoms with E-state index in [0.717, 1.165) is 31.2 Å². The fourth-order valence-electron chi connectivity index (χ4n) is 2.83. The molecule has 114 valence electrons. The van der Waals surface area contributed by atoms with Crippen molar-refractivity contribution in [1.29, 1.82) is 0 Å². The molecule has 2 fully saturated rings. The van der Waals surface area contributed by atoms with Gasteiger partial charge in [-0.2, -0.15) is 0 Å². The molecular formula is C16H15NO3S2. The van der Waals surface area contributed by atoms with E-state index in [1.165, 1.54) is 23.9 Å². The lowest BCUT2D eigenvalue weighted by atomic mass is 10.1. The molecule has 0 atom stereocenters. The highest BCUT2D eigenvalue weighted by Crippen LogP contribution is 2.37. The Morgan fingerprint density at radius 3 is 2.50 bits per heavy atom. The molecule has 0 bridgehead atoms. The van der Waals surface area contributed by atoms with Crippen molar-refractivity contribution in [3.63, 3.8) is 0 Å². The van der Waals surface area contributed by atoms with Crippen LogP contribution in [0.2, 0.25) is 0 Å². The summed E-state index contributed by atoms with van der Waals surface area (Å²) in [6, 6.07) is 6.71. The summed E-state index contributed by atoms with van der Waals surface area (Å²) >= 11 is 6.68. The number of thioether (sulfide) groups is 1. The maximum absolute atomic E-state index is 12.5. The highest BCUT2D eigenvalue weighted by molar-refractivity contribution is 8.26. The van der Waals surface area contributed by atoms with Gasteiger partial charge in [0, 0.05) is 6.04 Å². The first-order chi connectivity index (χ1) is 10.6. The van der Waals surface area contributed by atoms with Gasteiger partial charge < -0.3 is 5.11 Å². The van der Waals surface area contributed by atoms with Crippen LogP contribution in [0.25, 0.3) is 6.08 Å². The third-order valence-corrected chi connectivity index (χ3v) is 5.30. The summed E-state index contributed by atoms with van der Waals surface area (Å²) in [6.07, 6.45) is 6.12. The number of thiocarbonyl (C=S) groups is 1. The summed E-state index contributed by atoms with van der Waals surface area (Å²) in [4.78, 5) is 25.7. The maximum Gasteiger partial charge on any atom is 0.335 e. The van der Waals surface area contributed by atoms with Crippen molar-refractivity contribution in [3.8, 4) is 0 Å². The molecule has 1 aliphatic heterocycles. The van der Waals surface area contributed by atoms with E-state index < -0.39 is 5.97 Å². The van der Waals surface area contributed by atoms with Gasteiger partial charge in [0.15, 0.2) is 0 Å². The number of amides is 1. The molecule has 0 aromatic heterocycles. The summed E-state index contributed by atoms with van der Waals surface area (Å²) in [7, 11) is 0. The van der Waals surface area contributed by atoms with E-state index >= 15 is 0 Å². The molecule has 1 N–H and O–H groups in total. The lowest BCUT2D eigenvalue weighted by Crippen LogP contribution is -2.36. The molecule has 1 saturated heterocycles. The van der Waals surface area contributed by atoms with Crippen molar-refractivity contribution in [2.24, 2.45) is 0 Å². The lowest BCUT2D eigenvalue weighted by Gasteiger charge is -2.21. The Labute approximate surface area is 138 Å². The van der Waals surface area contributed by atoms with Crippen LogP contribution in [0.15, 0.2) is 29.2 Å². The van der Waals surface area contributed by atoms with Gasteiger partial charge >= 0.3 is 5.97 Å². The summed E-state index contributed by atoms with van der Waals surface area (Å²) in [5.41, 5.74) is 1.03. The van der Waals surface area contributed by atoms with Crippen LogP contribution in [0.1, 0.15) is 41.6 Å². The molecule has 3 rings (SSSR count). The number of benzene rings is 1. The Bertz CT molecular complexity index is 660. The fourth-order valence-corrected chi connectivity index (χ4v) is 4.23. The second kappa shape index (κ2) is 6.22. The minimum Gasteiger partial charge on any atom is -0.478 e. The largest absolute Gasteiger partial charge is 0.478 e. The molecule has 1 aromatic rings. The first kappa shape index (κ1) is 15.2. The second-order valence-corrected chi connectivity index (χ2v) is 7.09. The number of carboxylic acids is 1. The zero-order valence-electron chi connectivity index (χ0n) is 11.8. The van der Waals surface area contributed by atoms with E-state index in [1.54, 1.807) is 23.1 Å². The van der Waals surface area contributed by atoms with Crippen LogP contribution in [0.5, 0.6) is 0 Å². The van der Waals surface area contributed by atoms with Crippen LogP contribution in [0.3, 0.4) is 0 Å². The summed E-state index contributed by atoms with van der Waals surface area (Å²) in [5, 5.41) is 8.90. The topological polar surface area (TPSA) is 57.6 Å². The first-order valence-corrected chi connectivity index (χ1v) is 8.39. The number of rotatable bonds is 3. The Morgan fingerprint density at radius 1 is 1.27 bits per heavy atom. The highest BCUT2D eigenvalue weighted by Gasteiger charge is 2.37. The third kappa shape index (κ3) is 2.94. The molecule has 4 nitrogen and oxygen atoms in total. The predicted octanol–water partition coefficient (Wildman–Crippen LogP) is 3.53. The van der Waals surface area contributed by atoms with Gasteiger partial charge in [0.2, 0.25) is 0 Å². The molecule has 1 heterocycles. The summed E-state index contributed by atoms with van der Waals surface area (Å²) < 4.78 is 0.630. The summed E-state index contributed by atoms with van der Waals surface area (Å²) in [5.74, 6) is -0.983. The number of carbonyl (C=O) groups excluding carboxylic acids is 1. The molecular weight excluding hydrogens is 318 g/mol. The minimum absolute atomic E-state index is 0.0239. The van der Waals surface area contributed by atoms with Crippen LogP contribution in [0, 0.1) is 0 Å². The molecule has 1 amide bonds. The molecule has 1 aliphatic carbocycles. The van der Waals surface area contributed by atoms with Crippen molar-refractivity contribution in [3.05, 3.63) is 40.3 Å². The van der Waals surface area contributed by atoms with E-state index in [2.05, 4.69) is 0 Å². The molecule has 0 spiro atoms. The maximum atomic E-state index is 12.5. The SMILES string of the molecule is O=C(O)c1ccc(/C=C2\SC(=S)N(C3CCCC3)C2=O)cc1. The molecule has 1 aromatic carbocycles. The number of hydrogen-bond donors (Lipinski definition) is 1. The average Bonchev–Trinajstić information content (AvgIpc) is 3.09. The van der Waals surface area contributed by atoms with Crippen LogP contribution in [0.4, 0.5) is 0 Å². The zero-order chi connectivity index (χ0) is 15.7. The highest BCUT2D eigenvalue weighted by atomic mass is 32.2. The Kier molecular flexibility index (Phi) is 4.31. The number of nitrogens with zero attached hydrogens (tertiary/aromatic N) is 1. The van der Waals surface area contributed by atoms with Crippen molar-refractivity contribution in [2.75, 3.05) is 0 Å². The lowest BCUT2D eigenvalue weighted by molar-refractivity contribution is -0.123. The van der Waals surface area contributed by atoms with Gasteiger partial charge in [0.25, 0.3) is 5.91 Å². The standard InChI is InChI=1S/C16H15NO3S2/c18-14-13(9-10-5-7-11(8-6-10)15(19)20)22-16(21)17(14)12-3-1-2-4-12/h5-9,12H,1-4H2,(H,19,20)/b13-9-. The summed E-state index contributed by atoms with van der Waals surface area (Å²) in [6.45, 7) is 0. The van der Waals surface area contributed by atoms with E-state index in [1.807, 2.05) is 0 Å². The van der Waals surface area contributed by atoms with Gasteiger partial charge in [-0.3, -0.25) is 9.69 Å². The second-order valence-electron chi connectivity index (χ2n) is 5.42. The Morgan fingerprint density at radius 2 is 1.91 bits per heavy atom. The van der Waals surface area contributed by atoms with Crippen LogP contribution in [-0.2, 0) is 4.79 Å². The van der Waals surface area contributed by atoms with Gasteiger partial charge in [-0.15, -0.1) is 0 Å². The number of aromatic carboxylic acids is 1. The Hall–Kier alpha value is -1.66. The van der Waals surface area contributed by atoms with E-state index in [0.29, 0.717) is 9.23 Å². The first-order valence-electron chi connectivity index (χ1n) is 7.16. The van der Waals surface area contributed by atoms with Gasteiger partial charge in [0.05, 0.1) is 10.5 Å². The molecule has 0 unspecified atom stereocenters. The van der Waals surface area contributed by atoms with E-state index in [4.69, 9.17) is 17.3 Å². The number of hydrogen-bond acceptors (Lipinski definition) is 4. The normalized spacial score (nSPS) is 21.1. The van der Waals surface area contributed by atoms with Gasteiger partial charge in [-0.1, -0.05) is 49.0 Å². The van der Waals surface area contributed by atoms with Crippen molar-refractivity contribution in [1.82, 2.24) is 4.90 Å². The zero-order valence-corrected chi connectivity index (χ0v) is 13.5. The van der Waals surface area contributed by atoms with Crippen molar-refractivity contribution >= 4 is 46.3 Å². The van der Waals surface area contributed by atoms with Crippen LogP contribution < -0.4 is 0 Å². The third-order valence-electron chi connectivity index (χ3n) is 3.97. The molecule has 6 heteroatoms. The van der Waals surface area contributed by atoms with Crippen molar-refractivity contribution < 1.29 is 14.7 Å². The average molecular weight is 333 g/mol. The monoisotopic (exact) mass is 333 g/mol. The smallest absolute Gasteiger partial charge is 0.335 e. The molecule has 22 heavy (non-hydrogen) atoms. The van der Waals surface area contributed by atoms with Gasteiger partial charge in [-0.25, -0.2) is 4.79 Å². The van der Waals surface area contributed by atoms with Gasteiger partial charge in [-0.05, 0) is 36.6 Å². The number of carboxylic acid groups (broad SMARTS) is 1. The van der Waals surface area contributed by atoms with Gasteiger partial charge in [0.1, 0.15) is 4.32 Å². The van der Waals surface area contributed by atoms with Crippen LogP contribution >= 0.6 is 24.0 Å². The molecule has 0 radical (unpaired) electrons. The number of carbonyl (C=O) groups is 2. The predicted molar refractivity (Wildman–Crippen MR) is 90.7 cm³/mol. The molecule has 1 saturated carbocycles.